The van der Waals surface area contributed by atoms with Gasteiger partial charge in [-0.25, -0.2) is 4.79 Å². The van der Waals surface area contributed by atoms with Gasteiger partial charge < -0.3 is 10.4 Å². The summed E-state index contributed by atoms with van der Waals surface area (Å²) in [6.45, 7) is 5.37. The Hall–Kier alpha value is -1.62. The Morgan fingerprint density at radius 2 is 2.22 bits per heavy atom. The molecule has 0 heterocycles. The third kappa shape index (κ3) is 3.70. The first-order valence-electron chi connectivity index (χ1n) is 5.36. The van der Waals surface area contributed by atoms with Gasteiger partial charge in [0.05, 0.1) is 0 Å². The van der Waals surface area contributed by atoms with E-state index < -0.39 is 17.9 Å². The maximum Gasteiger partial charge on any atom is 0.326 e. The Labute approximate surface area is 114 Å². The van der Waals surface area contributed by atoms with Crippen LogP contribution in [0.1, 0.15) is 22.3 Å². The zero-order valence-corrected chi connectivity index (χ0v) is 11.5. The number of carbonyl (C=O) groups is 2. The summed E-state index contributed by atoms with van der Waals surface area (Å²) in [5.41, 5.74) is 1.43. The normalized spacial score (nSPS) is 11.7. The van der Waals surface area contributed by atoms with Crippen LogP contribution in [0.25, 0.3) is 0 Å². The number of carboxylic acids is 1. The standard InChI is InChI=1S/C13H14BrNO3/c1-3-4-11(13(17)18)15-12(16)9-6-5-8(2)10(14)7-9/h3,5-7,11H,1,4H2,2H3,(H,15,16)(H,17,18). The molecule has 0 aliphatic rings. The van der Waals surface area contributed by atoms with Crippen LogP contribution in [0, 0.1) is 6.92 Å². The predicted octanol–water partition coefficient (Wildman–Crippen LogP) is 2.52. The summed E-state index contributed by atoms with van der Waals surface area (Å²) in [5, 5.41) is 11.4. The van der Waals surface area contributed by atoms with Crippen LogP contribution in [-0.4, -0.2) is 23.0 Å². The SMILES string of the molecule is C=CCC(NC(=O)c1ccc(C)c(Br)c1)C(=O)O. The van der Waals surface area contributed by atoms with Gasteiger partial charge >= 0.3 is 5.97 Å². The lowest BCUT2D eigenvalue weighted by molar-refractivity contribution is -0.139. The van der Waals surface area contributed by atoms with E-state index in [-0.39, 0.29) is 6.42 Å². The van der Waals surface area contributed by atoms with Crippen molar-refractivity contribution in [3.63, 3.8) is 0 Å². The van der Waals surface area contributed by atoms with Gasteiger partial charge in [-0.3, -0.25) is 4.79 Å². The molecule has 1 aromatic carbocycles. The molecule has 5 heteroatoms. The van der Waals surface area contributed by atoms with Crippen molar-refractivity contribution in [3.05, 3.63) is 46.5 Å². The summed E-state index contributed by atoms with van der Waals surface area (Å²) in [4.78, 5) is 22.8. The number of nitrogens with one attached hydrogen (secondary N) is 1. The van der Waals surface area contributed by atoms with Crippen molar-refractivity contribution in [2.75, 3.05) is 0 Å². The molecule has 0 fully saturated rings. The van der Waals surface area contributed by atoms with Crippen LogP contribution < -0.4 is 5.32 Å². The van der Waals surface area contributed by atoms with Crippen LogP contribution >= 0.6 is 15.9 Å². The van der Waals surface area contributed by atoms with Crippen molar-refractivity contribution in [3.8, 4) is 0 Å². The highest BCUT2D eigenvalue weighted by atomic mass is 79.9. The molecule has 1 unspecified atom stereocenters. The van der Waals surface area contributed by atoms with Crippen LogP contribution in [0.15, 0.2) is 35.3 Å². The highest BCUT2D eigenvalue weighted by Crippen LogP contribution is 2.17. The number of rotatable bonds is 5. The van der Waals surface area contributed by atoms with Crippen molar-refractivity contribution in [1.29, 1.82) is 0 Å². The maximum absolute atomic E-state index is 11.9. The van der Waals surface area contributed by atoms with E-state index in [1.54, 1.807) is 18.2 Å². The van der Waals surface area contributed by atoms with Crippen molar-refractivity contribution in [2.24, 2.45) is 0 Å². The summed E-state index contributed by atoms with van der Waals surface area (Å²) in [5.74, 6) is -1.49. The predicted molar refractivity (Wildman–Crippen MR) is 72.6 cm³/mol. The van der Waals surface area contributed by atoms with E-state index in [1.165, 1.54) is 6.08 Å². The van der Waals surface area contributed by atoms with E-state index in [9.17, 15) is 9.59 Å². The average Bonchev–Trinajstić information content (AvgIpc) is 2.31. The smallest absolute Gasteiger partial charge is 0.326 e. The number of hydrogen-bond acceptors (Lipinski definition) is 2. The van der Waals surface area contributed by atoms with Crippen molar-refractivity contribution >= 4 is 27.8 Å². The van der Waals surface area contributed by atoms with Gasteiger partial charge in [0, 0.05) is 10.0 Å². The summed E-state index contributed by atoms with van der Waals surface area (Å²) in [6, 6.07) is 4.16. The number of aryl methyl sites for hydroxylation is 1. The molecule has 0 aromatic heterocycles. The second-order valence-corrected chi connectivity index (χ2v) is 4.71. The van der Waals surface area contributed by atoms with Crippen LogP contribution in [0.3, 0.4) is 0 Å². The number of amides is 1. The number of aliphatic carboxylic acids is 1. The molecule has 96 valence electrons. The van der Waals surface area contributed by atoms with Gasteiger partial charge in [0.25, 0.3) is 5.91 Å². The first-order chi connectivity index (χ1) is 8.45. The van der Waals surface area contributed by atoms with Crippen molar-refractivity contribution in [1.82, 2.24) is 5.32 Å². The third-order valence-corrected chi connectivity index (χ3v) is 3.29. The summed E-state index contributed by atoms with van der Waals surface area (Å²) in [6.07, 6.45) is 1.65. The number of halogens is 1. The minimum absolute atomic E-state index is 0.189. The molecule has 1 amide bonds. The fraction of sp³-hybridized carbons (Fsp3) is 0.231. The summed E-state index contributed by atoms with van der Waals surface area (Å²) >= 11 is 3.33. The molecule has 0 bridgehead atoms. The first-order valence-corrected chi connectivity index (χ1v) is 6.15. The zero-order chi connectivity index (χ0) is 13.7. The molecule has 1 aromatic rings. The Kier molecular flexibility index (Phi) is 5.09. The molecule has 0 saturated heterocycles. The quantitative estimate of drug-likeness (QED) is 0.821. The largest absolute Gasteiger partial charge is 0.480 e. The Morgan fingerprint density at radius 3 is 2.72 bits per heavy atom. The fourth-order valence-electron chi connectivity index (χ4n) is 1.36. The van der Waals surface area contributed by atoms with Crippen molar-refractivity contribution in [2.45, 2.75) is 19.4 Å². The van der Waals surface area contributed by atoms with Crippen LogP contribution in [0.5, 0.6) is 0 Å². The summed E-state index contributed by atoms with van der Waals surface area (Å²) in [7, 11) is 0. The Bertz CT molecular complexity index is 485. The second kappa shape index (κ2) is 6.35. The lowest BCUT2D eigenvalue weighted by Gasteiger charge is -2.13. The fourth-order valence-corrected chi connectivity index (χ4v) is 1.74. The molecular formula is C13H14BrNO3. The third-order valence-electron chi connectivity index (χ3n) is 2.44. The van der Waals surface area contributed by atoms with E-state index in [0.29, 0.717) is 5.56 Å². The van der Waals surface area contributed by atoms with Gasteiger partial charge in [-0.1, -0.05) is 28.1 Å². The van der Waals surface area contributed by atoms with Gasteiger partial charge in [0.15, 0.2) is 0 Å². The highest BCUT2D eigenvalue weighted by molar-refractivity contribution is 9.10. The van der Waals surface area contributed by atoms with Gasteiger partial charge in [-0.2, -0.15) is 0 Å². The van der Waals surface area contributed by atoms with Crippen LogP contribution in [0.4, 0.5) is 0 Å². The number of carbonyl (C=O) groups excluding carboxylic acids is 1. The second-order valence-electron chi connectivity index (χ2n) is 3.85. The molecule has 4 nitrogen and oxygen atoms in total. The van der Waals surface area contributed by atoms with Gasteiger partial charge in [-0.15, -0.1) is 6.58 Å². The molecule has 0 radical (unpaired) electrons. The molecular weight excluding hydrogens is 298 g/mol. The first kappa shape index (κ1) is 14.4. The monoisotopic (exact) mass is 311 g/mol. The lowest BCUT2D eigenvalue weighted by atomic mass is 10.1. The van der Waals surface area contributed by atoms with Crippen molar-refractivity contribution < 1.29 is 14.7 Å². The number of benzene rings is 1. The van der Waals surface area contributed by atoms with Gasteiger partial charge in [0.2, 0.25) is 0 Å². The van der Waals surface area contributed by atoms with Crippen LogP contribution in [0.2, 0.25) is 0 Å². The average molecular weight is 312 g/mol. The lowest BCUT2D eigenvalue weighted by Crippen LogP contribution is -2.40. The zero-order valence-electron chi connectivity index (χ0n) is 9.94. The topological polar surface area (TPSA) is 66.4 Å². The van der Waals surface area contributed by atoms with Gasteiger partial charge in [0.1, 0.15) is 6.04 Å². The Morgan fingerprint density at radius 1 is 1.56 bits per heavy atom. The highest BCUT2D eigenvalue weighted by Gasteiger charge is 2.19. The van der Waals surface area contributed by atoms with Gasteiger partial charge in [-0.05, 0) is 31.0 Å². The van der Waals surface area contributed by atoms with E-state index in [2.05, 4.69) is 27.8 Å². The minimum atomic E-state index is -1.07. The van der Waals surface area contributed by atoms with E-state index in [1.807, 2.05) is 6.92 Å². The maximum atomic E-state index is 11.9. The molecule has 0 aliphatic heterocycles. The molecule has 0 saturated carbocycles. The van der Waals surface area contributed by atoms with Crippen LogP contribution in [-0.2, 0) is 4.79 Å². The van der Waals surface area contributed by atoms with E-state index in [4.69, 9.17) is 5.11 Å². The summed E-state index contributed by atoms with van der Waals surface area (Å²) < 4.78 is 0.811. The molecule has 18 heavy (non-hydrogen) atoms. The molecule has 1 rings (SSSR count). The number of carboxylic acid groups (broad SMARTS) is 1. The van der Waals surface area contributed by atoms with E-state index >= 15 is 0 Å². The molecule has 1 atom stereocenters. The molecule has 0 aliphatic carbocycles. The Balaban J connectivity index is 2.83. The minimum Gasteiger partial charge on any atom is -0.480 e. The van der Waals surface area contributed by atoms with E-state index in [0.717, 1.165) is 10.0 Å². The molecule has 2 N–H and O–H groups in total. The molecule has 0 spiro atoms. The number of hydrogen-bond donors (Lipinski definition) is 2.